The molecule has 0 spiro atoms. The number of nitrogen functional groups attached to an aromatic ring is 1. The Balaban J connectivity index is 1.52. The molecule has 3 heterocycles. The first-order valence-corrected chi connectivity index (χ1v) is 11.1. The number of pyridine rings is 1. The maximum absolute atomic E-state index is 11.5. The number of fused-ring (bicyclic) bond motifs is 2. The van der Waals surface area contributed by atoms with Gasteiger partial charge in [-0.05, 0) is 39.2 Å². The van der Waals surface area contributed by atoms with Crippen LogP contribution in [0.4, 0.5) is 5.82 Å². The summed E-state index contributed by atoms with van der Waals surface area (Å²) in [4.78, 5) is 21.0. The zero-order valence-corrected chi connectivity index (χ0v) is 19.4. The number of anilines is 1. The lowest BCUT2D eigenvalue weighted by molar-refractivity contribution is -0.139. The van der Waals surface area contributed by atoms with Gasteiger partial charge >= 0.3 is 5.97 Å². The molecule has 0 saturated carbocycles. The molecule has 0 aliphatic rings. The number of hydrogen-bond donors (Lipinski definition) is 1. The van der Waals surface area contributed by atoms with Gasteiger partial charge in [-0.3, -0.25) is 9.78 Å². The van der Waals surface area contributed by atoms with Crippen molar-refractivity contribution in [2.24, 2.45) is 0 Å². The van der Waals surface area contributed by atoms with Crippen LogP contribution < -0.4 is 5.73 Å². The monoisotopic (exact) mass is 501 g/mol. The van der Waals surface area contributed by atoms with Gasteiger partial charge in [-0.2, -0.15) is 9.61 Å². The topological polar surface area (TPSA) is 95.4 Å². The SMILES string of the molecule is COC(=O)Cc1ccc(Cc2nc3c(-c4cnc5ccccc5c4)cnn3c(N)c2Br)cc1. The molecule has 2 aromatic carbocycles. The van der Waals surface area contributed by atoms with E-state index in [4.69, 9.17) is 15.5 Å². The van der Waals surface area contributed by atoms with Gasteiger partial charge in [-0.1, -0.05) is 42.5 Å². The molecule has 7 nitrogen and oxygen atoms in total. The lowest BCUT2D eigenvalue weighted by atomic mass is 10.1. The van der Waals surface area contributed by atoms with E-state index in [1.165, 1.54) is 7.11 Å². The van der Waals surface area contributed by atoms with Crippen LogP contribution in [-0.4, -0.2) is 32.7 Å². The van der Waals surface area contributed by atoms with Gasteiger partial charge in [0.1, 0.15) is 5.82 Å². The van der Waals surface area contributed by atoms with Crippen LogP contribution in [0.15, 0.2) is 71.5 Å². The van der Waals surface area contributed by atoms with E-state index in [9.17, 15) is 4.79 Å². The maximum Gasteiger partial charge on any atom is 0.309 e. The van der Waals surface area contributed by atoms with E-state index in [-0.39, 0.29) is 12.4 Å². The van der Waals surface area contributed by atoms with Crippen LogP contribution in [-0.2, 0) is 22.4 Å². The number of nitrogens with zero attached hydrogens (tertiary/aromatic N) is 4. The Morgan fingerprint density at radius 2 is 1.85 bits per heavy atom. The number of methoxy groups -OCH3 is 1. The number of nitrogens with two attached hydrogens (primary N) is 1. The second-order valence-electron chi connectivity index (χ2n) is 7.71. The summed E-state index contributed by atoms with van der Waals surface area (Å²) in [5.74, 6) is 0.221. The van der Waals surface area contributed by atoms with Crippen LogP contribution in [0.5, 0.6) is 0 Å². The van der Waals surface area contributed by atoms with E-state index in [2.05, 4.69) is 32.1 Å². The molecule has 0 bridgehead atoms. The van der Waals surface area contributed by atoms with Crippen LogP contribution in [0.25, 0.3) is 27.7 Å². The quantitative estimate of drug-likeness (QED) is 0.353. The summed E-state index contributed by atoms with van der Waals surface area (Å²) in [5, 5.41) is 5.51. The molecule has 0 atom stereocenters. The molecule has 0 radical (unpaired) electrons. The van der Waals surface area contributed by atoms with Gasteiger partial charge in [0.15, 0.2) is 5.65 Å². The van der Waals surface area contributed by atoms with E-state index in [0.717, 1.165) is 38.9 Å². The van der Waals surface area contributed by atoms with Crippen LogP contribution in [0.3, 0.4) is 0 Å². The third-order valence-electron chi connectivity index (χ3n) is 5.56. The Morgan fingerprint density at radius 1 is 1.09 bits per heavy atom. The van der Waals surface area contributed by atoms with Crippen molar-refractivity contribution in [1.82, 2.24) is 19.6 Å². The van der Waals surface area contributed by atoms with Crippen LogP contribution in [0.1, 0.15) is 16.8 Å². The van der Waals surface area contributed by atoms with Crippen molar-refractivity contribution in [2.75, 3.05) is 12.8 Å². The molecule has 0 aliphatic carbocycles. The average molecular weight is 502 g/mol. The summed E-state index contributed by atoms with van der Waals surface area (Å²) in [6.07, 6.45) is 4.41. The van der Waals surface area contributed by atoms with Gasteiger partial charge < -0.3 is 10.5 Å². The van der Waals surface area contributed by atoms with Gasteiger partial charge in [0.05, 0.1) is 35.4 Å². The lowest BCUT2D eigenvalue weighted by Gasteiger charge is -2.10. The molecule has 3 aromatic heterocycles. The molecule has 164 valence electrons. The molecule has 0 fully saturated rings. The summed E-state index contributed by atoms with van der Waals surface area (Å²) in [6, 6.07) is 17.9. The number of rotatable bonds is 5. The Hall–Kier alpha value is -3.78. The first-order valence-electron chi connectivity index (χ1n) is 10.3. The number of aromatic nitrogens is 4. The molecule has 5 rings (SSSR count). The minimum Gasteiger partial charge on any atom is -0.469 e. The van der Waals surface area contributed by atoms with Crippen LogP contribution in [0, 0.1) is 0 Å². The van der Waals surface area contributed by atoms with Crippen LogP contribution in [0.2, 0.25) is 0 Å². The molecule has 8 heteroatoms. The number of halogens is 1. The number of hydrogen-bond acceptors (Lipinski definition) is 6. The first kappa shape index (κ1) is 21.1. The maximum atomic E-state index is 11.5. The van der Waals surface area contributed by atoms with Crippen molar-refractivity contribution in [2.45, 2.75) is 12.8 Å². The second kappa shape index (κ2) is 8.63. The number of carbonyl (C=O) groups excluding carboxylic acids is 1. The van der Waals surface area contributed by atoms with E-state index in [0.29, 0.717) is 22.4 Å². The van der Waals surface area contributed by atoms with Crippen molar-refractivity contribution in [3.63, 3.8) is 0 Å². The lowest BCUT2D eigenvalue weighted by Crippen LogP contribution is -2.07. The highest BCUT2D eigenvalue weighted by molar-refractivity contribution is 9.10. The molecule has 33 heavy (non-hydrogen) atoms. The largest absolute Gasteiger partial charge is 0.469 e. The molecule has 0 amide bonds. The van der Waals surface area contributed by atoms with Crippen molar-refractivity contribution >= 4 is 44.3 Å². The zero-order chi connectivity index (χ0) is 22.9. The van der Waals surface area contributed by atoms with E-state index < -0.39 is 0 Å². The Bertz CT molecular complexity index is 1490. The molecular formula is C25H20BrN5O2. The summed E-state index contributed by atoms with van der Waals surface area (Å²) >= 11 is 3.59. The molecule has 2 N–H and O–H groups in total. The highest BCUT2D eigenvalue weighted by Crippen LogP contribution is 2.31. The fourth-order valence-electron chi connectivity index (χ4n) is 3.79. The normalized spacial score (nSPS) is 11.2. The fraction of sp³-hybridized carbons (Fsp3) is 0.120. The minimum atomic E-state index is -0.262. The highest BCUT2D eigenvalue weighted by atomic mass is 79.9. The summed E-state index contributed by atoms with van der Waals surface area (Å²) in [6.45, 7) is 0. The van der Waals surface area contributed by atoms with Crippen molar-refractivity contribution in [1.29, 1.82) is 0 Å². The van der Waals surface area contributed by atoms with E-state index in [1.807, 2.05) is 54.7 Å². The molecule has 5 aromatic rings. The van der Waals surface area contributed by atoms with Crippen LogP contribution >= 0.6 is 15.9 Å². The van der Waals surface area contributed by atoms with Crippen molar-refractivity contribution in [3.05, 3.63) is 88.3 Å². The van der Waals surface area contributed by atoms with E-state index in [1.54, 1.807) is 10.7 Å². The number of para-hydroxylation sites is 1. The summed E-state index contributed by atoms with van der Waals surface area (Å²) in [7, 11) is 1.39. The van der Waals surface area contributed by atoms with Gasteiger partial charge in [-0.15, -0.1) is 0 Å². The first-order chi connectivity index (χ1) is 16.0. The number of carbonyl (C=O) groups is 1. The summed E-state index contributed by atoms with van der Waals surface area (Å²) in [5.41, 5.74) is 12.5. The second-order valence-corrected chi connectivity index (χ2v) is 8.51. The zero-order valence-electron chi connectivity index (χ0n) is 17.8. The Labute approximate surface area is 198 Å². The minimum absolute atomic E-state index is 0.247. The smallest absolute Gasteiger partial charge is 0.309 e. The Kier molecular flexibility index (Phi) is 5.51. The number of benzene rings is 2. The third-order valence-corrected chi connectivity index (χ3v) is 6.43. The number of ether oxygens (including phenoxy) is 1. The molecule has 0 unspecified atom stereocenters. The van der Waals surface area contributed by atoms with Gasteiger partial charge in [-0.25, -0.2) is 4.98 Å². The van der Waals surface area contributed by atoms with Crippen molar-refractivity contribution in [3.8, 4) is 11.1 Å². The van der Waals surface area contributed by atoms with E-state index >= 15 is 0 Å². The summed E-state index contributed by atoms with van der Waals surface area (Å²) < 4.78 is 7.08. The predicted molar refractivity (Wildman–Crippen MR) is 131 cm³/mol. The van der Waals surface area contributed by atoms with Crippen molar-refractivity contribution < 1.29 is 9.53 Å². The third kappa shape index (κ3) is 4.05. The number of esters is 1. The molecular weight excluding hydrogens is 482 g/mol. The van der Waals surface area contributed by atoms with Gasteiger partial charge in [0, 0.05) is 29.1 Å². The predicted octanol–water partition coefficient (Wildman–Crippen LogP) is 4.60. The standard InChI is InChI=1S/C25H20BrN5O2/c1-33-22(32)11-16-8-6-15(7-9-16)10-21-23(26)24(27)31-25(30-21)19(14-29-31)18-12-17-4-2-3-5-20(17)28-13-18/h2-9,12-14H,10-11,27H2,1H3. The molecule has 0 saturated heterocycles. The van der Waals surface area contributed by atoms with Gasteiger partial charge in [0.25, 0.3) is 0 Å². The fourth-order valence-corrected chi connectivity index (χ4v) is 4.19. The van der Waals surface area contributed by atoms with Gasteiger partial charge in [0.2, 0.25) is 0 Å². The molecule has 0 aliphatic heterocycles. The highest BCUT2D eigenvalue weighted by Gasteiger charge is 2.17. The average Bonchev–Trinajstić information content (AvgIpc) is 3.27. The Morgan fingerprint density at radius 3 is 2.64 bits per heavy atom.